The summed E-state index contributed by atoms with van der Waals surface area (Å²) < 4.78 is 14.1. The Labute approximate surface area is 148 Å². The molecule has 2 heterocycles. The lowest BCUT2D eigenvalue weighted by atomic mass is 10.1. The summed E-state index contributed by atoms with van der Waals surface area (Å²) in [4.78, 5) is 2.43. The van der Waals surface area contributed by atoms with Gasteiger partial charge in [0.05, 0.1) is 13.2 Å². The first-order valence-corrected chi connectivity index (χ1v) is 8.84. The predicted octanol–water partition coefficient (Wildman–Crippen LogP) is 3.46. The van der Waals surface area contributed by atoms with Crippen molar-refractivity contribution >= 4 is 10.9 Å². The highest BCUT2D eigenvalue weighted by Crippen LogP contribution is 2.22. The molecule has 1 aromatic heterocycles. The lowest BCUT2D eigenvalue weighted by Crippen LogP contribution is -2.35. The number of hydrogen-bond donors (Lipinski definition) is 0. The van der Waals surface area contributed by atoms with E-state index in [0.29, 0.717) is 6.61 Å². The Morgan fingerprint density at radius 1 is 1.08 bits per heavy atom. The number of rotatable bonds is 4. The maximum absolute atomic E-state index is 6.12. The summed E-state index contributed by atoms with van der Waals surface area (Å²) in [6.45, 7) is 4.11. The zero-order valence-corrected chi connectivity index (χ0v) is 14.6. The van der Waals surface area contributed by atoms with E-state index < -0.39 is 0 Å². The maximum Gasteiger partial charge on any atom is 0.135 e. The molecule has 3 aromatic rings. The van der Waals surface area contributed by atoms with Gasteiger partial charge in [-0.15, -0.1) is 0 Å². The van der Waals surface area contributed by atoms with Crippen LogP contribution in [0.3, 0.4) is 0 Å². The van der Waals surface area contributed by atoms with E-state index in [-0.39, 0.29) is 6.10 Å². The van der Waals surface area contributed by atoms with Crippen molar-refractivity contribution in [1.82, 2.24) is 9.47 Å². The average molecular weight is 336 g/mol. The fourth-order valence-corrected chi connectivity index (χ4v) is 3.54. The molecule has 0 saturated carbocycles. The number of benzene rings is 2. The van der Waals surface area contributed by atoms with Gasteiger partial charge < -0.3 is 14.0 Å². The third kappa shape index (κ3) is 3.70. The van der Waals surface area contributed by atoms with Crippen molar-refractivity contribution in [3.8, 4) is 5.75 Å². The van der Waals surface area contributed by atoms with Crippen LogP contribution in [0, 0.1) is 0 Å². The number of aryl methyl sites for hydroxylation is 1. The van der Waals surface area contributed by atoms with Gasteiger partial charge >= 0.3 is 0 Å². The third-order valence-electron chi connectivity index (χ3n) is 4.74. The smallest absolute Gasteiger partial charge is 0.135 e. The molecule has 0 aliphatic carbocycles. The first kappa shape index (κ1) is 16.2. The molecule has 1 atom stereocenters. The molecule has 4 heteroatoms. The van der Waals surface area contributed by atoms with E-state index in [0.717, 1.165) is 32.0 Å². The van der Waals surface area contributed by atoms with Gasteiger partial charge in [0.15, 0.2) is 0 Å². The Hall–Kier alpha value is -2.30. The van der Waals surface area contributed by atoms with E-state index in [1.165, 1.54) is 16.5 Å². The number of nitrogens with zero attached hydrogens (tertiary/aromatic N) is 2. The second kappa shape index (κ2) is 7.30. The van der Waals surface area contributed by atoms with Gasteiger partial charge in [0.2, 0.25) is 0 Å². The van der Waals surface area contributed by atoms with Gasteiger partial charge in [-0.3, -0.25) is 4.90 Å². The summed E-state index contributed by atoms with van der Waals surface area (Å²) in [5.41, 5.74) is 2.64. The van der Waals surface area contributed by atoms with Crippen LogP contribution in [0.2, 0.25) is 0 Å². The molecular weight excluding hydrogens is 312 g/mol. The van der Waals surface area contributed by atoms with Crippen LogP contribution in [-0.4, -0.2) is 41.9 Å². The SMILES string of the molecule is Cn1cc(CN2CCOC[C@H](Oc3ccccc3)C2)c2ccccc21. The van der Waals surface area contributed by atoms with Crippen molar-refractivity contribution in [3.63, 3.8) is 0 Å². The molecule has 0 N–H and O–H groups in total. The Bertz CT molecular complexity index is 828. The molecule has 0 radical (unpaired) electrons. The quantitative estimate of drug-likeness (QED) is 0.730. The summed E-state index contributed by atoms with van der Waals surface area (Å²) >= 11 is 0. The van der Waals surface area contributed by atoms with Crippen LogP contribution in [0.4, 0.5) is 0 Å². The van der Waals surface area contributed by atoms with Crippen molar-refractivity contribution in [2.45, 2.75) is 12.6 Å². The van der Waals surface area contributed by atoms with E-state index in [1.54, 1.807) is 0 Å². The second-order valence-corrected chi connectivity index (χ2v) is 6.65. The van der Waals surface area contributed by atoms with Crippen LogP contribution in [0.5, 0.6) is 5.75 Å². The highest BCUT2D eigenvalue weighted by Gasteiger charge is 2.21. The van der Waals surface area contributed by atoms with Gasteiger partial charge in [-0.1, -0.05) is 36.4 Å². The molecular formula is C21H24N2O2. The molecule has 25 heavy (non-hydrogen) atoms. The molecule has 1 aliphatic heterocycles. The van der Waals surface area contributed by atoms with Crippen molar-refractivity contribution in [2.24, 2.45) is 7.05 Å². The lowest BCUT2D eigenvalue weighted by molar-refractivity contribution is 0.0710. The first-order valence-electron chi connectivity index (χ1n) is 8.84. The fourth-order valence-electron chi connectivity index (χ4n) is 3.54. The van der Waals surface area contributed by atoms with E-state index in [4.69, 9.17) is 9.47 Å². The molecule has 4 rings (SSSR count). The number of fused-ring (bicyclic) bond motifs is 1. The highest BCUT2D eigenvalue weighted by atomic mass is 16.5. The molecule has 1 saturated heterocycles. The number of aromatic nitrogens is 1. The summed E-state index contributed by atoms with van der Waals surface area (Å²) in [6.07, 6.45) is 2.29. The van der Waals surface area contributed by atoms with Crippen LogP contribution in [-0.2, 0) is 18.3 Å². The fraction of sp³-hybridized carbons (Fsp3) is 0.333. The van der Waals surface area contributed by atoms with E-state index in [9.17, 15) is 0 Å². The van der Waals surface area contributed by atoms with E-state index in [2.05, 4.69) is 47.0 Å². The number of hydrogen-bond acceptors (Lipinski definition) is 3. The topological polar surface area (TPSA) is 26.6 Å². The summed E-state index contributed by atoms with van der Waals surface area (Å²) in [5, 5.41) is 1.33. The predicted molar refractivity (Wildman–Crippen MR) is 99.9 cm³/mol. The molecule has 2 aromatic carbocycles. The van der Waals surface area contributed by atoms with Gasteiger partial charge in [-0.2, -0.15) is 0 Å². The first-order chi connectivity index (χ1) is 12.3. The van der Waals surface area contributed by atoms with Gasteiger partial charge in [0.1, 0.15) is 11.9 Å². The largest absolute Gasteiger partial charge is 0.487 e. The summed E-state index contributed by atoms with van der Waals surface area (Å²) in [7, 11) is 2.11. The van der Waals surface area contributed by atoms with Crippen LogP contribution in [0.1, 0.15) is 5.56 Å². The van der Waals surface area contributed by atoms with Crippen LogP contribution < -0.4 is 4.74 Å². The van der Waals surface area contributed by atoms with Crippen molar-refractivity contribution in [3.05, 3.63) is 66.4 Å². The lowest BCUT2D eigenvalue weighted by Gasteiger charge is -2.23. The normalized spacial score (nSPS) is 19.0. The molecule has 4 nitrogen and oxygen atoms in total. The van der Waals surface area contributed by atoms with Crippen LogP contribution in [0.25, 0.3) is 10.9 Å². The van der Waals surface area contributed by atoms with E-state index in [1.807, 2.05) is 30.3 Å². The molecule has 0 unspecified atom stereocenters. The van der Waals surface area contributed by atoms with Crippen molar-refractivity contribution in [2.75, 3.05) is 26.3 Å². The van der Waals surface area contributed by atoms with Crippen LogP contribution in [0.15, 0.2) is 60.8 Å². The van der Waals surface area contributed by atoms with E-state index >= 15 is 0 Å². The van der Waals surface area contributed by atoms with Crippen LogP contribution >= 0.6 is 0 Å². The Kier molecular flexibility index (Phi) is 4.72. The Morgan fingerprint density at radius 2 is 1.88 bits per heavy atom. The zero-order chi connectivity index (χ0) is 17.1. The van der Waals surface area contributed by atoms with Crippen molar-refractivity contribution < 1.29 is 9.47 Å². The summed E-state index contributed by atoms with van der Waals surface area (Å²) in [5.74, 6) is 0.906. The second-order valence-electron chi connectivity index (χ2n) is 6.65. The van der Waals surface area contributed by atoms with Gasteiger partial charge in [0, 0.05) is 43.8 Å². The minimum atomic E-state index is 0.0554. The average Bonchev–Trinajstić information content (AvgIpc) is 2.80. The minimum Gasteiger partial charge on any atom is -0.487 e. The molecule has 1 aliphatic rings. The van der Waals surface area contributed by atoms with Gasteiger partial charge in [-0.05, 0) is 23.8 Å². The standard InChI is InChI=1S/C21H24N2O2/c1-22-13-17(20-9-5-6-10-21(20)22)14-23-11-12-24-16-19(15-23)25-18-7-3-2-4-8-18/h2-10,13,19H,11-12,14-16H2,1H3/t19-/m1/s1. The molecule has 0 spiro atoms. The molecule has 0 bridgehead atoms. The monoisotopic (exact) mass is 336 g/mol. The Balaban J connectivity index is 1.49. The highest BCUT2D eigenvalue weighted by molar-refractivity contribution is 5.83. The Morgan fingerprint density at radius 3 is 2.76 bits per heavy atom. The number of para-hydroxylation sites is 2. The minimum absolute atomic E-state index is 0.0554. The third-order valence-corrected chi connectivity index (χ3v) is 4.74. The van der Waals surface area contributed by atoms with Gasteiger partial charge in [0.25, 0.3) is 0 Å². The zero-order valence-electron chi connectivity index (χ0n) is 14.6. The molecule has 130 valence electrons. The summed E-state index contributed by atoms with van der Waals surface area (Å²) in [6, 6.07) is 18.6. The van der Waals surface area contributed by atoms with Gasteiger partial charge in [-0.25, -0.2) is 0 Å². The molecule has 1 fully saturated rings. The molecule has 0 amide bonds. The maximum atomic E-state index is 6.12. The van der Waals surface area contributed by atoms with Crippen molar-refractivity contribution in [1.29, 1.82) is 0 Å². The number of ether oxygens (including phenoxy) is 2.